The topological polar surface area (TPSA) is 31.2 Å². The molecule has 4 heteroatoms. The first-order chi connectivity index (χ1) is 17.3. The molecule has 0 N–H and O–H groups in total. The van der Waals surface area contributed by atoms with Gasteiger partial charge in [0.15, 0.2) is 0 Å². The van der Waals surface area contributed by atoms with E-state index in [1.807, 2.05) is 36.7 Å². The van der Waals surface area contributed by atoms with Crippen LogP contribution in [0.4, 0.5) is 0 Å². The quantitative estimate of drug-likeness (QED) is 0.173. The van der Waals surface area contributed by atoms with Crippen LogP contribution in [0.25, 0.3) is 0 Å². The Morgan fingerprint density at radius 2 is 0.657 bits per heavy atom. The van der Waals surface area contributed by atoms with Crippen LogP contribution in [0.5, 0.6) is 0 Å². The molecule has 0 spiro atoms. The Morgan fingerprint density at radius 1 is 0.400 bits per heavy atom. The third kappa shape index (κ3) is 8.59. The predicted octanol–water partition coefficient (Wildman–Crippen LogP) is 6.75. The van der Waals surface area contributed by atoms with Gasteiger partial charge in [0.25, 0.3) is 0 Å². The van der Waals surface area contributed by atoms with E-state index in [0.29, 0.717) is 6.42 Å². The van der Waals surface area contributed by atoms with E-state index in [-0.39, 0.29) is 0 Å². The molecule has 176 valence electrons. The van der Waals surface area contributed by atoms with E-state index in [1.165, 1.54) is 22.3 Å². The third-order valence-electron chi connectivity index (χ3n) is 5.53. The SMILES string of the molecule is C(/C/C=N/N(Cc1ccccc1)Cc1ccccc1)=N/N(Cc1ccccc1)Cc1ccccc1. The summed E-state index contributed by atoms with van der Waals surface area (Å²) in [6, 6.07) is 41.8. The van der Waals surface area contributed by atoms with Gasteiger partial charge >= 0.3 is 0 Å². The van der Waals surface area contributed by atoms with Gasteiger partial charge in [0.2, 0.25) is 0 Å². The Hall–Kier alpha value is -4.18. The predicted molar refractivity (Wildman–Crippen MR) is 146 cm³/mol. The molecule has 0 saturated carbocycles. The molecule has 0 fully saturated rings. The zero-order valence-corrected chi connectivity index (χ0v) is 20.0. The van der Waals surface area contributed by atoms with Gasteiger partial charge in [0.1, 0.15) is 0 Å². The number of rotatable bonds is 12. The van der Waals surface area contributed by atoms with Gasteiger partial charge < -0.3 is 0 Å². The highest BCUT2D eigenvalue weighted by molar-refractivity contribution is 5.78. The van der Waals surface area contributed by atoms with E-state index >= 15 is 0 Å². The van der Waals surface area contributed by atoms with Gasteiger partial charge in [-0.1, -0.05) is 121 Å². The molecule has 35 heavy (non-hydrogen) atoms. The second kappa shape index (κ2) is 13.5. The van der Waals surface area contributed by atoms with Crippen molar-refractivity contribution < 1.29 is 0 Å². The maximum atomic E-state index is 4.78. The average molecular weight is 461 g/mol. The number of hydrogen-bond acceptors (Lipinski definition) is 4. The van der Waals surface area contributed by atoms with Gasteiger partial charge in [-0.3, -0.25) is 10.0 Å². The molecule has 4 nitrogen and oxygen atoms in total. The van der Waals surface area contributed by atoms with Gasteiger partial charge in [0.05, 0.1) is 26.2 Å². The first-order valence-electron chi connectivity index (χ1n) is 12.1. The van der Waals surface area contributed by atoms with Crippen LogP contribution < -0.4 is 0 Å². The highest BCUT2D eigenvalue weighted by Gasteiger charge is 2.05. The summed E-state index contributed by atoms with van der Waals surface area (Å²) in [7, 11) is 0. The van der Waals surface area contributed by atoms with Crippen molar-refractivity contribution in [2.75, 3.05) is 0 Å². The molecule has 0 saturated heterocycles. The molecule has 4 aromatic carbocycles. The van der Waals surface area contributed by atoms with E-state index in [1.54, 1.807) is 0 Å². The molecule has 4 rings (SSSR count). The lowest BCUT2D eigenvalue weighted by molar-refractivity contribution is 0.270. The molecule has 0 atom stereocenters. The Labute approximate surface area is 208 Å². The van der Waals surface area contributed by atoms with Crippen LogP contribution in [0.3, 0.4) is 0 Å². The smallest absolute Gasteiger partial charge is 0.0614 e. The first-order valence-corrected chi connectivity index (χ1v) is 12.1. The van der Waals surface area contributed by atoms with Gasteiger partial charge in [-0.05, 0) is 22.3 Å². The van der Waals surface area contributed by atoms with Crippen molar-refractivity contribution in [1.29, 1.82) is 0 Å². The Morgan fingerprint density at radius 3 is 0.914 bits per heavy atom. The second-order valence-electron chi connectivity index (χ2n) is 8.42. The van der Waals surface area contributed by atoms with Crippen LogP contribution >= 0.6 is 0 Å². The van der Waals surface area contributed by atoms with Gasteiger partial charge in [0, 0.05) is 18.9 Å². The fourth-order valence-corrected chi connectivity index (χ4v) is 3.82. The summed E-state index contributed by atoms with van der Waals surface area (Å²) >= 11 is 0. The highest BCUT2D eigenvalue weighted by atomic mass is 15.5. The zero-order chi connectivity index (χ0) is 24.0. The van der Waals surface area contributed by atoms with E-state index in [2.05, 4.69) is 107 Å². The van der Waals surface area contributed by atoms with E-state index in [0.717, 1.165) is 26.2 Å². The van der Waals surface area contributed by atoms with Crippen LogP contribution in [-0.2, 0) is 26.2 Å². The fourth-order valence-electron chi connectivity index (χ4n) is 3.82. The summed E-state index contributed by atoms with van der Waals surface area (Å²) in [5, 5.41) is 13.8. The summed E-state index contributed by atoms with van der Waals surface area (Å²) in [4.78, 5) is 0. The van der Waals surface area contributed by atoms with Crippen LogP contribution in [0.1, 0.15) is 28.7 Å². The van der Waals surface area contributed by atoms with Gasteiger partial charge in [-0.25, -0.2) is 0 Å². The average Bonchev–Trinajstić information content (AvgIpc) is 2.91. The number of hydrazone groups is 2. The summed E-state index contributed by atoms with van der Waals surface area (Å²) in [6.45, 7) is 3.05. The molecule has 0 amide bonds. The summed E-state index contributed by atoms with van der Waals surface area (Å²) in [5.74, 6) is 0. The van der Waals surface area contributed by atoms with Gasteiger partial charge in [-0.15, -0.1) is 0 Å². The minimum Gasteiger partial charge on any atom is -0.289 e. The first kappa shape index (κ1) is 24.0. The van der Waals surface area contributed by atoms with Gasteiger partial charge in [-0.2, -0.15) is 10.2 Å². The summed E-state index contributed by atoms with van der Waals surface area (Å²) < 4.78 is 0. The van der Waals surface area contributed by atoms with E-state index in [9.17, 15) is 0 Å². The molecule has 4 aromatic rings. The number of benzene rings is 4. The molecular formula is C31H32N4. The number of nitrogens with zero attached hydrogens (tertiary/aromatic N) is 4. The molecule has 0 aliphatic carbocycles. The minimum atomic E-state index is 0.667. The maximum Gasteiger partial charge on any atom is 0.0614 e. The molecule has 0 aliphatic heterocycles. The standard InChI is InChI=1S/C31H32N4/c1-5-14-28(15-6-1)24-34(25-29-16-7-2-8-17-29)32-22-13-23-33-35(26-30-18-9-3-10-19-30)27-31-20-11-4-12-21-31/h1-12,14-23H,13,24-27H2/b32-22-,33-23+. The van der Waals surface area contributed by atoms with E-state index in [4.69, 9.17) is 10.2 Å². The summed E-state index contributed by atoms with van der Waals surface area (Å²) in [6.07, 6.45) is 4.55. The van der Waals surface area contributed by atoms with Crippen LogP contribution in [0.2, 0.25) is 0 Å². The highest BCUT2D eigenvalue weighted by Crippen LogP contribution is 2.12. The van der Waals surface area contributed by atoms with Crippen molar-refractivity contribution in [3.8, 4) is 0 Å². The van der Waals surface area contributed by atoms with Crippen molar-refractivity contribution in [3.05, 3.63) is 144 Å². The Bertz CT molecular complexity index is 982. The molecule has 0 heterocycles. The van der Waals surface area contributed by atoms with Crippen molar-refractivity contribution in [2.45, 2.75) is 32.6 Å². The fraction of sp³-hybridized carbons (Fsp3) is 0.161. The Kier molecular flexibility index (Phi) is 9.25. The molecule has 0 bridgehead atoms. The second-order valence-corrected chi connectivity index (χ2v) is 8.42. The lowest BCUT2D eigenvalue weighted by atomic mass is 10.2. The van der Waals surface area contributed by atoms with Crippen LogP contribution in [-0.4, -0.2) is 22.4 Å². The monoisotopic (exact) mass is 460 g/mol. The van der Waals surface area contributed by atoms with E-state index < -0.39 is 0 Å². The molecular weight excluding hydrogens is 428 g/mol. The van der Waals surface area contributed by atoms with Crippen molar-refractivity contribution in [3.63, 3.8) is 0 Å². The molecule has 0 aromatic heterocycles. The molecule has 0 aliphatic rings. The van der Waals surface area contributed by atoms with Crippen molar-refractivity contribution in [1.82, 2.24) is 10.0 Å². The Balaban J connectivity index is 1.39. The normalized spacial score (nSPS) is 11.2. The summed E-state index contributed by atoms with van der Waals surface area (Å²) in [5.41, 5.74) is 4.97. The maximum absolute atomic E-state index is 4.78. The lowest BCUT2D eigenvalue weighted by Gasteiger charge is -2.20. The lowest BCUT2D eigenvalue weighted by Crippen LogP contribution is -2.17. The van der Waals surface area contributed by atoms with Crippen LogP contribution in [0, 0.1) is 0 Å². The minimum absolute atomic E-state index is 0.667. The van der Waals surface area contributed by atoms with Crippen molar-refractivity contribution in [2.24, 2.45) is 10.2 Å². The molecule has 0 radical (unpaired) electrons. The number of hydrogen-bond donors (Lipinski definition) is 0. The molecule has 0 unspecified atom stereocenters. The largest absolute Gasteiger partial charge is 0.289 e. The third-order valence-corrected chi connectivity index (χ3v) is 5.53. The van der Waals surface area contributed by atoms with Crippen molar-refractivity contribution >= 4 is 12.4 Å². The zero-order valence-electron chi connectivity index (χ0n) is 20.0. The van der Waals surface area contributed by atoms with Crippen LogP contribution in [0.15, 0.2) is 132 Å².